The van der Waals surface area contributed by atoms with E-state index < -0.39 is 11.9 Å². The lowest BCUT2D eigenvalue weighted by molar-refractivity contribution is 0.0734. The Morgan fingerprint density at radius 1 is 0.941 bits per heavy atom. The second-order valence-corrected chi connectivity index (χ2v) is 7.99. The highest BCUT2D eigenvalue weighted by Gasteiger charge is 2.16. The molecule has 1 amide bonds. The maximum atomic E-state index is 12.8. The molecule has 0 heterocycles. The molecule has 34 heavy (non-hydrogen) atoms. The van der Waals surface area contributed by atoms with E-state index in [-0.39, 0.29) is 16.3 Å². The quantitative estimate of drug-likeness (QED) is 0.152. The lowest BCUT2D eigenvalue weighted by Crippen LogP contribution is -2.17. The van der Waals surface area contributed by atoms with Crippen molar-refractivity contribution in [2.45, 2.75) is 0 Å². The van der Waals surface area contributed by atoms with Crippen molar-refractivity contribution in [3.63, 3.8) is 0 Å². The van der Waals surface area contributed by atoms with Crippen LogP contribution in [0.1, 0.15) is 26.3 Å². The number of hydrogen-bond donors (Lipinski definition) is 1. The van der Waals surface area contributed by atoms with E-state index in [4.69, 9.17) is 32.7 Å². The van der Waals surface area contributed by atoms with E-state index in [1.165, 1.54) is 25.5 Å². The first-order chi connectivity index (χ1) is 16.5. The van der Waals surface area contributed by atoms with Gasteiger partial charge in [-0.15, -0.1) is 0 Å². The molecule has 4 aromatic rings. The van der Waals surface area contributed by atoms with Gasteiger partial charge in [0.25, 0.3) is 5.91 Å². The molecule has 4 rings (SSSR count). The molecular formula is C26H18Cl2N2O4. The predicted molar refractivity (Wildman–Crippen MR) is 133 cm³/mol. The van der Waals surface area contributed by atoms with E-state index in [2.05, 4.69) is 10.5 Å². The van der Waals surface area contributed by atoms with E-state index in [0.29, 0.717) is 21.9 Å². The molecule has 4 aromatic carbocycles. The van der Waals surface area contributed by atoms with Crippen molar-refractivity contribution in [2.24, 2.45) is 5.10 Å². The van der Waals surface area contributed by atoms with Gasteiger partial charge in [-0.1, -0.05) is 59.6 Å². The minimum absolute atomic E-state index is 0.174. The number of benzene rings is 4. The Hall–Kier alpha value is -3.87. The van der Waals surface area contributed by atoms with Crippen LogP contribution in [0.2, 0.25) is 10.0 Å². The number of hydrazone groups is 1. The van der Waals surface area contributed by atoms with Crippen molar-refractivity contribution in [1.82, 2.24) is 5.43 Å². The standard InChI is InChI=1S/C26H18Cl2N2O4/c1-33-19-7-4-6-17(13-19)25(31)30-29-15-22-20-8-3-2-5-16(20)9-12-24(22)34-26(32)21-11-10-18(27)14-23(21)28/h2-15H,1H3,(H,30,31). The van der Waals surface area contributed by atoms with Crippen molar-refractivity contribution in [3.8, 4) is 11.5 Å². The summed E-state index contributed by atoms with van der Waals surface area (Å²) in [4.78, 5) is 25.3. The summed E-state index contributed by atoms with van der Waals surface area (Å²) >= 11 is 12.1. The minimum Gasteiger partial charge on any atom is -0.497 e. The third-order valence-corrected chi connectivity index (χ3v) is 5.52. The van der Waals surface area contributed by atoms with Gasteiger partial charge in [-0.05, 0) is 53.2 Å². The number of methoxy groups -OCH3 is 1. The molecule has 0 saturated heterocycles. The van der Waals surface area contributed by atoms with E-state index in [1.807, 2.05) is 30.3 Å². The second-order valence-electron chi connectivity index (χ2n) is 7.14. The fourth-order valence-electron chi connectivity index (χ4n) is 3.29. The third kappa shape index (κ3) is 5.20. The molecule has 0 spiro atoms. The van der Waals surface area contributed by atoms with Gasteiger partial charge in [0.1, 0.15) is 11.5 Å². The van der Waals surface area contributed by atoms with Gasteiger partial charge in [-0.3, -0.25) is 4.79 Å². The number of esters is 1. The van der Waals surface area contributed by atoms with E-state index in [0.717, 1.165) is 10.8 Å². The zero-order chi connectivity index (χ0) is 24.1. The number of fused-ring (bicyclic) bond motifs is 1. The molecule has 1 N–H and O–H groups in total. The van der Waals surface area contributed by atoms with Gasteiger partial charge in [0.2, 0.25) is 0 Å². The molecule has 0 aliphatic rings. The minimum atomic E-state index is -0.646. The summed E-state index contributed by atoms with van der Waals surface area (Å²) in [6.45, 7) is 0. The lowest BCUT2D eigenvalue weighted by atomic mass is 10.0. The number of carbonyl (C=O) groups is 2. The van der Waals surface area contributed by atoms with Crippen LogP contribution in [0.25, 0.3) is 10.8 Å². The highest BCUT2D eigenvalue weighted by Crippen LogP contribution is 2.29. The molecule has 0 bridgehead atoms. The predicted octanol–water partition coefficient (Wildman–Crippen LogP) is 6.14. The molecule has 0 saturated carbocycles. The highest BCUT2D eigenvalue weighted by atomic mass is 35.5. The number of carbonyl (C=O) groups excluding carboxylic acids is 2. The van der Waals surface area contributed by atoms with Gasteiger partial charge in [0.05, 0.1) is 23.9 Å². The van der Waals surface area contributed by atoms with Crippen molar-refractivity contribution in [3.05, 3.63) is 106 Å². The van der Waals surface area contributed by atoms with E-state index in [9.17, 15) is 9.59 Å². The first-order valence-electron chi connectivity index (χ1n) is 10.1. The Morgan fingerprint density at radius 3 is 2.56 bits per heavy atom. The van der Waals surface area contributed by atoms with Crippen LogP contribution in [-0.2, 0) is 0 Å². The van der Waals surface area contributed by atoms with Gasteiger partial charge in [-0.2, -0.15) is 5.10 Å². The average Bonchev–Trinajstić information content (AvgIpc) is 2.85. The molecule has 0 aliphatic heterocycles. The summed E-state index contributed by atoms with van der Waals surface area (Å²) in [7, 11) is 1.52. The number of ether oxygens (including phenoxy) is 2. The molecule has 6 nitrogen and oxygen atoms in total. The highest BCUT2D eigenvalue weighted by molar-refractivity contribution is 6.36. The molecule has 0 atom stereocenters. The number of rotatable bonds is 6. The van der Waals surface area contributed by atoms with Crippen LogP contribution in [0, 0.1) is 0 Å². The molecule has 0 aliphatic carbocycles. The zero-order valence-electron chi connectivity index (χ0n) is 17.9. The summed E-state index contributed by atoms with van der Waals surface area (Å²) < 4.78 is 10.8. The normalized spacial score (nSPS) is 10.9. The smallest absolute Gasteiger partial charge is 0.345 e. The van der Waals surface area contributed by atoms with E-state index in [1.54, 1.807) is 36.4 Å². The fraction of sp³-hybridized carbons (Fsp3) is 0.0385. The topological polar surface area (TPSA) is 77.0 Å². The monoisotopic (exact) mass is 492 g/mol. The molecular weight excluding hydrogens is 475 g/mol. The van der Waals surface area contributed by atoms with Crippen LogP contribution in [0.4, 0.5) is 0 Å². The molecule has 8 heteroatoms. The molecule has 0 fully saturated rings. The molecule has 170 valence electrons. The van der Waals surface area contributed by atoms with Gasteiger partial charge in [0, 0.05) is 16.1 Å². The summed E-state index contributed by atoms with van der Waals surface area (Å²) in [6.07, 6.45) is 1.44. The van der Waals surface area contributed by atoms with Crippen molar-refractivity contribution >= 4 is 52.1 Å². The third-order valence-electron chi connectivity index (χ3n) is 4.98. The van der Waals surface area contributed by atoms with Crippen molar-refractivity contribution < 1.29 is 19.1 Å². The maximum absolute atomic E-state index is 12.8. The summed E-state index contributed by atoms with van der Waals surface area (Å²) in [5.41, 5.74) is 3.57. The van der Waals surface area contributed by atoms with Gasteiger partial charge in [-0.25, -0.2) is 10.2 Å². The Balaban J connectivity index is 1.63. The fourth-order valence-corrected chi connectivity index (χ4v) is 3.78. The molecule has 0 unspecified atom stereocenters. The zero-order valence-corrected chi connectivity index (χ0v) is 19.4. The van der Waals surface area contributed by atoms with Crippen LogP contribution in [0.3, 0.4) is 0 Å². The van der Waals surface area contributed by atoms with Gasteiger partial charge in [0.15, 0.2) is 0 Å². The maximum Gasteiger partial charge on any atom is 0.345 e. The van der Waals surface area contributed by atoms with Crippen molar-refractivity contribution in [2.75, 3.05) is 7.11 Å². The Bertz CT molecular complexity index is 1420. The number of hydrogen-bond acceptors (Lipinski definition) is 5. The SMILES string of the molecule is COc1cccc(C(=O)NN=Cc2c(OC(=O)c3ccc(Cl)cc3Cl)ccc3ccccc23)c1. The summed E-state index contributed by atoms with van der Waals surface area (Å²) in [6, 6.07) is 22.3. The van der Waals surface area contributed by atoms with Gasteiger partial charge >= 0.3 is 5.97 Å². The summed E-state index contributed by atoms with van der Waals surface area (Å²) in [5, 5.41) is 6.38. The van der Waals surface area contributed by atoms with Gasteiger partial charge < -0.3 is 9.47 Å². The first kappa shape index (κ1) is 23.3. The van der Waals surface area contributed by atoms with Crippen LogP contribution in [-0.4, -0.2) is 25.2 Å². The number of amides is 1. The summed E-state index contributed by atoms with van der Waals surface area (Å²) in [5.74, 6) is -0.247. The molecule has 0 radical (unpaired) electrons. The van der Waals surface area contributed by atoms with Crippen LogP contribution in [0.5, 0.6) is 11.5 Å². The number of nitrogens with one attached hydrogen (secondary N) is 1. The van der Waals surface area contributed by atoms with Crippen LogP contribution in [0.15, 0.2) is 84.0 Å². The Labute approximate surface area is 205 Å². The van der Waals surface area contributed by atoms with E-state index >= 15 is 0 Å². The largest absolute Gasteiger partial charge is 0.497 e. The Kier molecular flexibility index (Phi) is 7.11. The Morgan fingerprint density at radius 2 is 1.76 bits per heavy atom. The number of nitrogens with zero attached hydrogens (tertiary/aromatic N) is 1. The molecule has 0 aromatic heterocycles. The van der Waals surface area contributed by atoms with Crippen molar-refractivity contribution in [1.29, 1.82) is 0 Å². The van der Waals surface area contributed by atoms with Crippen LogP contribution < -0.4 is 14.9 Å². The van der Waals surface area contributed by atoms with Crippen LogP contribution >= 0.6 is 23.2 Å². The lowest BCUT2D eigenvalue weighted by Gasteiger charge is -2.11. The number of halogens is 2. The second kappa shape index (κ2) is 10.4. The first-order valence-corrected chi connectivity index (χ1v) is 10.9. The average molecular weight is 493 g/mol.